The van der Waals surface area contributed by atoms with Crippen molar-refractivity contribution in [3.05, 3.63) is 23.8 Å². The normalized spacial score (nSPS) is 13.9. The van der Waals surface area contributed by atoms with Gasteiger partial charge in [0, 0.05) is 26.2 Å². The predicted octanol–water partition coefficient (Wildman–Crippen LogP) is 1.17. The minimum absolute atomic E-state index is 0.206. The molecule has 1 aliphatic heterocycles. The number of fused-ring (bicyclic) bond motifs is 1. The van der Waals surface area contributed by atoms with Gasteiger partial charge in [-0.25, -0.2) is 0 Å². The van der Waals surface area contributed by atoms with Crippen molar-refractivity contribution >= 4 is 11.4 Å². The summed E-state index contributed by atoms with van der Waals surface area (Å²) in [6, 6.07) is 7.82. The summed E-state index contributed by atoms with van der Waals surface area (Å²) in [6.07, 6.45) is 0.760. The second kappa shape index (κ2) is 4.86. The van der Waals surface area contributed by atoms with E-state index in [2.05, 4.69) is 16.3 Å². The standard InChI is InChI=1S/C12H15N3O/c13-9-10-2-3-11-12(8-10)15(5-1-7-16)6-4-14-11/h2-3,8,14,16H,1,4-7H2. The Hall–Kier alpha value is -1.73. The lowest BCUT2D eigenvalue weighted by Gasteiger charge is -2.32. The zero-order valence-electron chi connectivity index (χ0n) is 9.11. The lowest BCUT2D eigenvalue weighted by atomic mass is 10.1. The molecule has 1 aromatic carbocycles. The van der Waals surface area contributed by atoms with E-state index in [4.69, 9.17) is 10.4 Å². The second-order valence-corrected chi connectivity index (χ2v) is 3.83. The van der Waals surface area contributed by atoms with Crippen molar-refractivity contribution in [2.75, 3.05) is 36.5 Å². The molecule has 0 bridgehead atoms. The number of nitrogens with one attached hydrogen (secondary N) is 1. The van der Waals surface area contributed by atoms with E-state index in [1.54, 1.807) is 0 Å². The lowest BCUT2D eigenvalue weighted by molar-refractivity contribution is 0.289. The fourth-order valence-corrected chi connectivity index (χ4v) is 1.95. The number of rotatable bonds is 3. The molecular weight excluding hydrogens is 202 g/mol. The van der Waals surface area contributed by atoms with Gasteiger partial charge < -0.3 is 15.3 Å². The Morgan fingerprint density at radius 2 is 2.38 bits per heavy atom. The fraction of sp³-hybridized carbons (Fsp3) is 0.417. The third-order valence-electron chi connectivity index (χ3n) is 2.75. The van der Waals surface area contributed by atoms with Crippen LogP contribution in [0.1, 0.15) is 12.0 Å². The van der Waals surface area contributed by atoms with E-state index in [0.717, 1.165) is 37.4 Å². The summed E-state index contributed by atoms with van der Waals surface area (Å²) in [6.45, 7) is 2.86. The average molecular weight is 217 g/mol. The highest BCUT2D eigenvalue weighted by atomic mass is 16.3. The van der Waals surface area contributed by atoms with Crippen molar-refractivity contribution in [1.82, 2.24) is 0 Å². The summed E-state index contributed by atoms with van der Waals surface area (Å²) in [7, 11) is 0. The molecule has 0 unspecified atom stereocenters. The first kappa shape index (κ1) is 10.8. The predicted molar refractivity (Wildman–Crippen MR) is 63.6 cm³/mol. The molecule has 1 aliphatic rings. The van der Waals surface area contributed by atoms with Crippen molar-refractivity contribution in [2.45, 2.75) is 6.42 Å². The number of aliphatic hydroxyl groups excluding tert-OH is 1. The van der Waals surface area contributed by atoms with Crippen LogP contribution < -0.4 is 10.2 Å². The Morgan fingerprint density at radius 1 is 1.50 bits per heavy atom. The van der Waals surface area contributed by atoms with E-state index < -0.39 is 0 Å². The van der Waals surface area contributed by atoms with E-state index in [1.165, 1.54) is 0 Å². The summed E-state index contributed by atoms with van der Waals surface area (Å²) < 4.78 is 0. The number of benzene rings is 1. The zero-order valence-corrected chi connectivity index (χ0v) is 9.11. The van der Waals surface area contributed by atoms with Crippen molar-refractivity contribution < 1.29 is 5.11 Å². The minimum Gasteiger partial charge on any atom is -0.396 e. The van der Waals surface area contributed by atoms with Gasteiger partial charge >= 0.3 is 0 Å². The molecule has 0 amide bonds. The van der Waals surface area contributed by atoms with Crippen LogP contribution in [0.4, 0.5) is 11.4 Å². The van der Waals surface area contributed by atoms with Crippen LogP contribution in [-0.2, 0) is 0 Å². The molecule has 2 N–H and O–H groups in total. The molecule has 0 spiro atoms. The first-order valence-corrected chi connectivity index (χ1v) is 5.49. The molecule has 0 fully saturated rings. The van der Waals surface area contributed by atoms with Crippen LogP contribution in [-0.4, -0.2) is 31.3 Å². The van der Waals surface area contributed by atoms with Gasteiger partial charge in [0.2, 0.25) is 0 Å². The van der Waals surface area contributed by atoms with Crippen molar-refractivity contribution in [3.63, 3.8) is 0 Å². The molecule has 0 aliphatic carbocycles. The Bertz CT molecular complexity index is 411. The quantitative estimate of drug-likeness (QED) is 0.798. The number of nitrogens with zero attached hydrogens (tertiary/aromatic N) is 2. The van der Waals surface area contributed by atoms with Gasteiger partial charge in [0.1, 0.15) is 0 Å². The highest BCUT2D eigenvalue weighted by molar-refractivity contribution is 5.73. The van der Waals surface area contributed by atoms with Crippen LogP contribution in [0.15, 0.2) is 18.2 Å². The van der Waals surface area contributed by atoms with Crippen molar-refractivity contribution in [2.24, 2.45) is 0 Å². The molecule has 1 aromatic rings. The number of aliphatic hydroxyl groups is 1. The van der Waals surface area contributed by atoms with Crippen LogP contribution in [0, 0.1) is 11.3 Å². The molecule has 4 heteroatoms. The third-order valence-corrected chi connectivity index (χ3v) is 2.75. The van der Waals surface area contributed by atoms with Crippen molar-refractivity contribution in [1.29, 1.82) is 5.26 Å². The number of hydrogen-bond acceptors (Lipinski definition) is 4. The van der Waals surface area contributed by atoms with Gasteiger partial charge in [0.15, 0.2) is 0 Å². The van der Waals surface area contributed by atoms with E-state index in [0.29, 0.717) is 5.56 Å². The molecule has 16 heavy (non-hydrogen) atoms. The summed E-state index contributed by atoms with van der Waals surface area (Å²) in [5.74, 6) is 0. The topological polar surface area (TPSA) is 59.3 Å². The lowest BCUT2D eigenvalue weighted by Crippen LogP contribution is -2.35. The molecule has 0 saturated heterocycles. The van der Waals surface area contributed by atoms with Crippen LogP contribution >= 0.6 is 0 Å². The van der Waals surface area contributed by atoms with Gasteiger partial charge in [-0.05, 0) is 24.6 Å². The molecule has 0 atom stereocenters. The van der Waals surface area contributed by atoms with E-state index in [-0.39, 0.29) is 6.61 Å². The molecule has 0 radical (unpaired) electrons. The monoisotopic (exact) mass is 217 g/mol. The van der Waals surface area contributed by atoms with Gasteiger partial charge in [-0.1, -0.05) is 0 Å². The smallest absolute Gasteiger partial charge is 0.0992 e. The maximum Gasteiger partial charge on any atom is 0.0992 e. The minimum atomic E-state index is 0.206. The summed E-state index contributed by atoms with van der Waals surface area (Å²) in [5, 5.41) is 21.0. The van der Waals surface area contributed by atoms with Crippen LogP contribution in [0.2, 0.25) is 0 Å². The van der Waals surface area contributed by atoms with Gasteiger partial charge in [0.25, 0.3) is 0 Å². The summed E-state index contributed by atoms with van der Waals surface area (Å²) >= 11 is 0. The molecule has 4 nitrogen and oxygen atoms in total. The van der Waals surface area contributed by atoms with Crippen molar-refractivity contribution in [3.8, 4) is 6.07 Å². The van der Waals surface area contributed by atoms with Gasteiger partial charge in [-0.3, -0.25) is 0 Å². The maximum atomic E-state index is 8.87. The summed E-state index contributed by atoms with van der Waals surface area (Å²) in [4.78, 5) is 2.21. The SMILES string of the molecule is N#Cc1ccc2c(c1)N(CCCO)CCN2. The Balaban J connectivity index is 2.25. The largest absolute Gasteiger partial charge is 0.396 e. The van der Waals surface area contributed by atoms with Gasteiger partial charge in [-0.15, -0.1) is 0 Å². The molecule has 84 valence electrons. The number of hydrogen-bond donors (Lipinski definition) is 2. The Morgan fingerprint density at radius 3 is 3.12 bits per heavy atom. The van der Waals surface area contributed by atoms with Crippen LogP contribution in [0.25, 0.3) is 0 Å². The molecule has 2 rings (SSSR count). The van der Waals surface area contributed by atoms with Gasteiger partial charge in [-0.2, -0.15) is 5.26 Å². The summed E-state index contributed by atoms with van der Waals surface area (Å²) in [5.41, 5.74) is 2.82. The first-order chi connectivity index (χ1) is 7.85. The zero-order chi connectivity index (χ0) is 11.4. The fourth-order valence-electron chi connectivity index (χ4n) is 1.95. The van der Waals surface area contributed by atoms with Crippen LogP contribution in [0.3, 0.4) is 0 Å². The van der Waals surface area contributed by atoms with E-state index in [1.807, 2.05) is 18.2 Å². The molecular formula is C12H15N3O. The maximum absolute atomic E-state index is 8.87. The average Bonchev–Trinajstić information content (AvgIpc) is 2.35. The van der Waals surface area contributed by atoms with Gasteiger partial charge in [0.05, 0.1) is 23.0 Å². The first-order valence-electron chi connectivity index (χ1n) is 5.49. The van der Waals surface area contributed by atoms with E-state index in [9.17, 15) is 0 Å². The second-order valence-electron chi connectivity index (χ2n) is 3.83. The Kier molecular flexibility index (Phi) is 3.28. The third kappa shape index (κ3) is 2.10. The highest BCUT2D eigenvalue weighted by Crippen LogP contribution is 2.29. The van der Waals surface area contributed by atoms with Crippen LogP contribution in [0.5, 0.6) is 0 Å². The Labute approximate surface area is 95.1 Å². The molecule has 1 heterocycles. The number of anilines is 2. The number of nitriles is 1. The highest BCUT2D eigenvalue weighted by Gasteiger charge is 2.16. The molecule has 0 saturated carbocycles. The molecule has 0 aromatic heterocycles. The van der Waals surface area contributed by atoms with E-state index >= 15 is 0 Å².